The van der Waals surface area contributed by atoms with Crippen LogP contribution in [-0.4, -0.2) is 47.5 Å². The van der Waals surface area contributed by atoms with Crippen LogP contribution in [0.25, 0.3) is 21.3 Å². The van der Waals surface area contributed by atoms with Gasteiger partial charge in [-0.1, -0.05) is 29.8 Å². The van der Waals surface area contributed by atoms with Gasteiger partial charge in [0, 0.05) is 26.9 Å². The minimum Gasteiger partial charge on any atom is -0.465 e. The monoisotopic (exact) mass is 659 g/mol. The summed E-state index contributed by atoms with van der Waals surface area (Å²) in [7, 11) is -4.09. The number of thiophene rings is 1. The van der Waals surface area contributed by atoms with Gasteiger partial charge in [0.2, 0.25) is 0 Å². The molecule has 44 heavy (non-hydrogen) atoms. The van der Waals surface area contributed by atoms with Gasteiger partial charge in [-0.25, -0.2) is 9.78 Å². The van der Waals surface area contributed by atoms with Gasteiger partial charge >= 0.3 is 6.09 Å². The average Bonchev–Trinajstić information content (AvgIpc) is 3.47. The number of hydrogen-bond acceptors (Lipinski definition) is 8. The summed E-state index contributed by atoms with van der Waals surface area (Å²) in [5.74, 6) is -0.708. The first-order valence-electron chi connectivity index (χ1n) is 13.7. The fourth-order valence-corrected chi connectivity index (χ4v) is 8.01. The van der Waals surface area contributed by atoms with Gasteiger partial charge in [-0.3, -0.25) is 10.3 Å². The Morgan fingerprint density at radius 2 is 1.89 bits per heavy atom. The number of carboxylic acid groups (broad SMARTS) is 1. The number of ether oxygens (including phenoxy) is 2. The number of nitrogens with zero attached hydrogens (tertiary/aromatic N) is 2. The van der Waals surface area contributed by atoms with E-state index in [-0.39, 0.29) is 16.5 Å². The number of fused-ring (bicyclic) bond motifs is 1. The number of anilines is 1. The standard InChI is InChI=1S/C30H34ClN5O6S2/c1-28(2,3)36-44(39,40)35-25(24-20(31)10-11-23(33-24)34-27(37)38)22-14-17-8-7-9-19(26(17)43-22)21-15-18(12-13-32-21)30(6)16-41-29(4,5)42-30/h7-15,25,35-36H,16H2,1-6H3,(H,33,34)(H,37,38). The lowest BCUT2D eigenvalue weighted by Crippen LogP contribution is -2.48. The van der Waals surface area contributed by atoms with Gasteiger partial charge in [-0.2, -0.15) is 17.9 Å². The van der Waals surface area contributed by atoms with Crippen LogP contribution in [0.15, 0.2) is 54.7 Å². The van der Waals surface area contributed by atoms with Gasteiger partial charge < -0.3 is 14.6 Å². The maximum absolute atomic E-state index is 13.3. The molecular formula is C30H34ClN5O6S2. The number of carbonyl (C=O) groups is 1. The average molecular weight is 660 g/mol. The van der Waals surface area contributed by atoms with Gasteiger partial charge in [0.25, 0.3) is 10.2 Å². The summed E-state index contributed by atoms with van der Waals surface area (Å²) in [6.45, 7) is 11.3. The second-order valence-corrected chi connectivity index (χ2v) is 15.2. The highest BCUT2D eigenvalue weighted by atomic mass is 35.5. The lowest BCUT2D eigenvalue weighted by atomic mass is 9.96. The van der Waals surface area contributed by atoms with E-state index in [1.807, 2.05) is 57.2 Å². The van der Waals surface area contributed by atoms with E-state index in [0.29, 0.717) is 17.2 Å². The van der Waals surface area contributed by atoms with Crippen LogP contribution in [0.2, 0.25) is 5.02 Å². The van der Waals surface area contributed by atoms with Crippen molar-refractivity contribution in [3.8, 4) is 11.3 Å². The number of halogens is 1. The van der Waals surface area contributed by atoms with Crippen molar-refractivity contribution >= 4 is 55.1 Å². The Hall–Kier alpha value is -3.17. The van der Waals surface area contributed by atoms with E-state index in [1.54, 1.807) is 27.0 Å². The van der Waals surface area contributed by atoms with Crippen LogP contribution >= 0.6 is 22.9 Å². The number of nitrogens with one attached hydrogen (secondary N) is 3. The van der Waals surface area contributed by atoms with Crippen molar-refractivity contribution in [3.05, 3.63) is 75.9 Å². The molecule has 4 aromatic rings. The minimum atomic E-state index is -4.09. The Kier molecular flexibility index (Phi) is 8.53. The quantitative estimate of drug-likeness (QED) is 0.169. The summed E-state index contributed by atoms with van der Waals surface area (Å²) in [4.78, 5) is 20.9. The molecule has 2 atom stereocenters. The zero-order chi connectivity index (χ0) is 32.1. The maximum atomic E-state index is 13.3. The SMILES string of the molecule is CC(C)(C)NS(=O)(=O)NC(c1cc2cccc(-c3cc(C4(C)COC(C)(C)O4)ccn3)c2s1)c1nc(NC(=O)O)ccc1Cl. The Bertz CT molecular complexity index is 1840. The second-order valence-electron chi connectivity index (χ2n) is 12.2. The van der Waals surface area contributed by atoms with Crippen molar-refractivity contribution in [1.82, 2.24) is 19.4 Å². The molecule has 234 valence electrons. The molecular weight excluding hydrogens is 626 g/mol. The summed E-state index contributed by atoms with van der Waals surface area (Å²) < 4.78 is 44.8. The number of hydrogen-bond donors (Lipinski definition) is 4. The summed E-state index contributed by atoms with van der Waals surface area (Å²) in [6, 6.07) is 13.4. The van der Waals surface area contributed by atoms with Crippen molar-refractivity contribution in [2.24, 2.45) is 0 Å². The van der Waals surface area contributed by atoms with Crippen LogP contribution < -0.4 is 14.8 Å². The Morgan fingerprint density at radius 3 is 2.55 bits per heavy atom. The largest absolute Gasteiger partial charge is 0.465 e. The third kappa shape index (κ3) is 7.20. The Balaban J connectivity index is 1.61. The molecule has 11 nitrogen and oxygen atoms in total. The summed E-state index contributed by atoms with van der Waals surface area (Å²) in [5.41, 5.74) is 1.18. The minimum absolute atomic E-state index is 0.00229. The first kappa shape index (κ1) is 32.2. The predicted molar refractivity (Wildman–Crippen MR) is 171 cm³/mol. The fourth-order valence-electron chi connectivity index (χ4n) is 5.06. The molecule has 0 spiro atoms. The van der Waals surface area contributed by atoms with Crippen LogP contribution in [0.1, 0.15) is 63.7 Å². The molecule has 2 unspecified atom stereocenters. The summed E-state index contributed by atoms with van der Waals surface area (Å²) in [5, 5.41) is 12.5. The fraction of sp³-hybridized carbons (Fsp3) is 0.367. The third-order valence-electron chi connectivity index (χ3n) is 6.76. The Morgan fingerprint density at radius 1 is 1.14 bits per heavy atom. The van der Waals surface area contributed by atoms with Crippen LogP contribution in [0, 0.1) is 0 Å². The van der Waals surface area contributed by atoms with Crippen molar-refractivity contribution in [2.45, 2.75) is 64.5 Å². The molecule has 1 fully saturated rings. The highest BCUT2D eigenvalue weighted by molar-refractivity contribution is 7.87. The second kappa shape index (κ2) is 11.6. The lowest BCUT2D eigenvalue weighted by Gasteiger charge is -2.25. The third-order valence-corrected chi connectivity index (χ3v) is 9.75. The first-order valence-corrected chi connectivity index (χ1v) is 16.4. The van der Waals surface area contributed by atoms with Gasteiger partial charge in [-0.05, 0) is 82.8 Å². The van der Waals surface area contributed by atoms with Crippen LogP contribution in [0.5, 0.6) is 0 Å². The zero-order valence-electron chi connectivity index (χ0n) is 25.1. The summed E-state index contributed by atoms with van der Waals surface area (Å²) >= 11 is 7.92. The number of benzene rings is 1. The molecule has 3 aromatic heterocycles. The molecule has 0 bridgehead atoms. The smallest absolute Gasteiger partial charge is 0.410 e. The van der Waals surface area contributed by atoms with E-state index in [2.05, 4.69) is 24.7 Å². The molecule has 1 aromatic carbocycles. The molecule has 1 saturated heterocycles. The molecule has 14 heteroatoms. The van der Waals surface area contributed by atoms with E-state index in [1.165, 1.54) is 23.5 Å². The zero-order valence-corrected chi connectivity index (χ0v) is 27.4. The van der Waals surface area contributed by atoms with E-state index in [9.17, 15) is 18.3 Å². The van der Waals surface area contributed by atoms with E-state index in [0.717, 1.165) is 21.2 Å². The van der Waals surface area contributed by atoms with Crippen LogP contribution in [-0.2, 0) is 25.3 Å². The molecule has 1 aliphatic rings. The lowest BCUT2D eigenvalue weighted by molar-refractivity contribution is -0.159. The van der Waals surface area contributed by atoms with Crippen molar-refractivity contribution in [1.29, 1.82) is 0 Å². The molecule has 5 rings (SSSR count). The Labute approximate surface area is 265 Å². The van der Waals surface area contributed by atoms with Gasteiger partial charge in [0.1, 0.15) is 17.5 Å². The molecule has 0 aliphatic carbocycles. The molecule has 4 N–H and O–H groups in total. The van der Waals surface area contributed by atoms with Crippen LogP contribution in [0.4, 0.5) is 10.6 Å². The number of rotatable bonds is 8. The first-order chi connectivity index (χ1) is 20.4. The highest BCUT2D eigenvalue weighted by Crippen LogP contribution is 2.42. The van der Waals surface area contributed by atoms with Crippen molar-refractivity contribution in [2.75, 3.05) is 11.9 Å². The molecule has 1 amide bonds. The highest BCUT2D eigenvalue weighted by Gasteiger charge is 2.43. The van der Waals surface area contributed by atoms with Gasteiger partial charge in [0.05, 0.1) is 23.0 Å². The van der Waals surface area contributed by atoms with E-state index >= 15 is 0 Å². The molecule has 4 heterocycles. The topological polar surface area (TPSA) is 152 Å². The molecule has 0 radical (unpaired) electrons. The van der Waals surface area contributed by atoms with Gasteiger partial charge in [-0.15, -0.1) is 11.3 Å². The normalized spacial score (nSPS) is 19.2. The number of amides is 1. The molecule has 1 aliphatic heterocycles. The van der Waals surface area contributed by atoms with E-state index < -0.39 is 39.3 Å². The molecule has 0 saturated carbocycles. The van der Waals surface area contributed by atoms with Gasteiger partial charge in [0.15, 0.2) is 5.79 Å². The number of aromatic nitrogens is 2. The number of pyridine rings is 2. The maximum Gasteiger partial charge on any atom is 0.410 e. The van der Waals surface area contributed by atoms with Crippen molar-refractivity contribution < 1.29 is 27.8 Å². The summed E-state index contributed by atoms with van der Waals surface area (Å²) in [6.07, 6.45) is 0.419. The van der Waals surface area contributed by atoms with E-state index in [4.69, 9.17) is 21.1 Å². The van der Waals surface area contributed by atoms with Crippen molar-refractivity contribution in [3.63, 3.8) is 0 Å². The predicted octanol–water partition coefficient (Wildman–Crippen LogP) is 6.41. The van der Waals surface area contributed by atoms with Crippen LogP contribution in [0.3, 0.4) is 0 Å².